The summed E-state index contributed by atoms with van der Waals surface area (Å²) >= 11 is 0. The Labute approximate surface area is 63.9 Å². The van der Waals surface area contributed by atoms with Gasteiger partial charge in [0.15, 0.2) is 5.96 Å². The van der Waals surface area contributed by atoms with Gasteiger partial charge in [-0.2, -0.15) is 0 Å². The highest BCUT2D eigenvalue weighted by atomic mass is 35.5. The van der Waals surface area contributed by atoms with Crippen LogP contribution in [0.1, 0.15) is 0 Å². The van der Waals surface area contributed by atoms with Crippen molar-refractivity contribution in [2.24, 2.45) is 0 Å². The number of hydrogen-bond donors (Lipinski definition) is 3. The Morgan fingerprint density at radius 3 is 2.40 bits per heavy atom. The van der Waals surface area contributed by atoms with Gasteiger partial charge in [0.25, 0.3) is 5.91 Å². The first kappa shape index (κ1) is 9.19. The van der Waals surface area contributed by atoms with E-state index in [1.165, 1.54) is 7.05 Å². The van der Waals surface area contributed by atoms with Crippen LogP contribution in [0.3, 0.4) is 0 Å². The van der Waals surface area contributed by atoms with Crippen molar-refractivity contribution in [2.45, 2.75) is 6.23 Å². The van der Waals surface area contributed by atoms with Crippen LogP contribution in [-0.4, -0.2) is 35.1 Å². The van der Waals surface area contributed by atoms with Crippen molar-refractivity contribution in [3.8, 4) is 0 Å². The van der Waals surface area contributed by atoms with E-state index < -0.39 is 12.1 Å². The molecule has 1 atom stereocenters. The molecule has 1 aliphatic heterocycles. The molecule has 1 unspecified atom stereocenters. The third kappa shape index (κ3) is 1.19. The molecule has 1 saturated heterocycles. The van der Waals surface area contributed by atoms with Crippen LogP contribution in [0.5, 0.6) is 0 Å². The third-order valence-electron chi connectivity index (χ3n) is 1.20. The quantitative estimate of drug-likeness (QED) is 0.419. The minimum absolute atomic E-state index is 0. The molecule has 5 nitrogen and oxygen atoms in total. The van der Waals surface area contributed by atoms with Gasteiger partial charge in [-0.3, -0.25) is 15.5 Å². The second-order valence-electron chi connectivity index (χ2n) is 1.82. The molecule has 0 aromatic heterocycles. The zero-order chi connectivity index (χ0) is 7.02. The first-order valence-electron chi connectivity index (χ1n) is 2.43. The highest BCUT2D eigenvalue weighted by molar-refractivity contribution is 6.03. The molecule has 0 aromatic rings. The van der Waals surface area contributed by atoms with E-state index in [4.69, 9.17) is 10.5 Å². The minimum Gasteiger partial charge on any atom is -0.365 e. The Hall–Kier alpha value is -0.810. The lowest BCUT2D eigenvalue weighted by Gasteiger charge is -2.10. The lowest BCUT2D eigenvalue weighted by molar-refractivity contribution is -0.129. The maximum Gasteiger partial charge on any atom is 0.276 e. The van der Waals surface area contributed by atoms with Crippen LogP contribution < -0.4 is 5.32 Å². The number of nitrogens with zero attached hydrogens (tertiary/aromatic N) is 1. The molecular formula is C4H8ClN3O2. The summed E-state index contributed by atoms with van der Waals surface area (Å²) in [6, 6.07) is 0. The number of aliphatic hydroxyl groups excluding tert-OH is 1. The summed E-state index contributed by atoms with van der Waals surface area (Å²) in [5.74, 6) is -0.602. The number of amides is 1. The average Bonchev–Trinajstić information content (AvgIpc) is 1.98. The van der Waals surface area contributed by atoms with Crippen LogP contribution in [0.4, 0.5) is 0 Å². The molecule has 10 heavy (non-hydrogen) atoms. The zero-order valence-corrected chi connectivity index (χ0v) is 6.10. The molecule has 1 rings (SSSR count). The molecule has 0 radical (unpaired) electrons. The highest BCUT2D eigenvalue weighted by Crippen LogP contribution is 1.98. The molecule has 6 heteroatoms. The van der Waals surface area contributed by atoms with Gasteiger partial charge in [0.1, 0.15) is 0 Å². The number of halogens is 1. The van der Waals surface area contributed by atoms with E-state index in [9.17, 15) is 4.79 Å². The van der Waals surface area contributed by atoms with Gasteiger partial charge in [-0.1, -0.05) is 0 Å². The monoisotopic (exact) mass is 165 g/mol. The van der Waals surface area contributed by atoms with Crippen LogP contribution in [-0.2, 0) is 4.79 Å². The van der Waals surface area contributed by atoms with Gasteiger partial charge in [0, 0.05) is 7.05 Å². The van der Waals surface area contributed by atoms with Crippen molar-refractivity contribution < 1.29 is 9.90 Å². The summed E-state index contributed by atoms with van der Waals surface area (Å²) < 4.78 is 0. The Balaban J connectivity index is 0.000000810. The first-order valence-corrected chi connectivity index (χ1v) is 2.43. The smallest absolute Gasteiger partial charge is 0.276 e. The maximum atomic E-state index is 10.5. The number of carbonyl (C=O) groups excluding carboxylic acids is 1. The molecule has 3 N–H and O–H groups in total. The van der Waals surface area contributed by atoms with E-state index >= 15 is 0 Å². The topological polar surface area (TPSA) is 76.4 Å². The predicted molar refractivity (Wildman–Crippen MR) is 36.9 cm³/mol. The molecule has 1 amide bonds. The second-order valence-corrected chi connectivity index (χ2v) is 1.82. The molecule has 0 spiro atoms. The van der Waals surface area contributed by atoms with Crippen molar-refractivity contribution in [2.75, 3.05) is 7.05 Å². The summed E-state index contributed by atoms with van der Waals surface area (Å²) in [5, 5.41) is 17.9. The van der Waals surface area contributed by atoms with Gasteiger partial charge in [0.2, 0.25) is 6.23 Å². The molecule has 0 saturated carbocycles. The normalized spacial score (nSPS) is 24.2. The van der Waals surface area contributed by atoms with Crippen molar-refractivity contribution in [1.29, 1.82) is 5.41 Å². The number of guanidine groups is 1. The molecule has 0 bridgehead atoms. The van der Waals surface area contributed by atoms with E-state index in [2.05, 4.69) is 5.32 Å². The van der Waals surface area contributed by atoms with Crippen molar-refractivity contribution in [1.82, 2.24) is 10.2 Å². The van der Waals surface area contributed by atoms with Gasteiger partial charge in [-0.05, 0) is 0 Å². The highest BCUT2D eigenvalue weighted by Gasteiger charge is 2.30. The van der Waals surface area contributed by atoms with E-state index in [0.717, 1.165) is 4.90 Å². The lowest BCUT2D eigenvalue weighted by atomic mass is 10.5. The number of carbonyl (C=O) groups is 1. The lowest BCUT2D eigenvalue weighted by Crippen LogP contribution is -2.30. The van der Waals surface area contributed by atoms with Crippen LogP contribution in [0, 0.1) is 5.41 Å². The molecule has 1 aliphatic rings. The van der Waals surface area contributed by atoms with Crippen LogP contribution in [0.2, 0.25) is 0 Å². The Morgan fingerprint density at radius 1 is 1.80 bits per heavy atom. The van der Waals surface area contributed by atoms with Gasteiger partial charge in [-0.25, -0.2) is 0 Å². The maximum absolute atomic E-state index is 10.5. The van der Waals surface area contributed by atoms with Gasteiger partial charge in [-0.15, -0.1) is 12.4 Å². The SMILES string of the molecule is CN1C(=N)NC(=O)C1O.Cl. The van der Waals surface area contributed by atoms with E-state index in [-0.39, 0.29) is 18.4 Å². The van der Waals surface area contributed by atoms with Crippen LogP contribution in [0.15, 0.2) is 0 Å². The van der Waals surface area contributed by atoms with E-state index in [1.54, 1.807) is 0 Å². The zero-order valence-electron chi connectivity index (χ0n) is 5.29. The summed E-state index contributed by atoms with van der Waals surface area (Å²) in [4.78, 5) is 11.6. The molecular weight excluding hydrogens is 158 g/mol. The fraction of sp³-hybridized carbons (Fsp3) is 0.500. The van der Waals surface area contributed by atoms with E-state index in [1.807, 2.05) is 0 Å². The van der Waals surface area contributed by atoms with Crippen LogP contribution in [0.25, 0.3) is 0 Å². The van der Waals surface area contributed by atoms with Gasteiger partial charge in [0.05, 0.1) is 0 Å². The van der Waals surface area contributed by atoms with Gasteiger partial charge < -0.3 is 10.0 Å². The summed E-state index contributed by atoms with van der Waals surface area (Å²) in [6.07, 6.45) is -1.18. The predicted octanol–water partition coefficient (Wildman–Crippen LogP) is -1.28. The fourth-order valence-electron chi connectivity index (χ4n) is 0.568. The largest absolute Gasteiger partial charge is 0.365 e. The Bertz CT molecular complexity index is 154. The molecule has 1 fully saturated rings. The Morgan fingerprint density at radius 2 is 2.30 bits per heavy atom. The number of aliphatic hydroxyl groups is 1. The molecule has 0 aromatic carbocycles. The standard InChI is InChI=1S/C4H7N3O2.ClH/c1-7-3(9)2(8)6-4(7)5;/h3,9H,1H3,(H2,5,6,8);1H. The summed E-state index contributed by atoms with van der Waals surface area (Å²) in [5.41, 5.74) is 0. The molecule has 1 heterocycles. The number of likely N-dealkylation sites (N-methyl/N-ethyl adjacent to an activating group) is 1. The number of rotatable bonds is 0. The van der Waals surface area contributed by atoms with E-state index in [0.29, 0.717) is 0 Å². The molecule has 0 aliphatic carbocycles. The first-order chi connectivity index (χ1) is 4.13. The average molecular weight is 166 g/mol. The van der Waals surface area contributed by atoms with Crippen molar-refractivity contribution in [3.05, 3.63) is 0 Å². The van der Waals surface area contributed by atoms with Crippen LogP contribution >= 0.6 is 12.4 Å². The van der Waals surface area contributed by atoms with Crippen molar-refractivity contribution >= 4 is 24.3 Å². The summed E-state index contributed by atoms with van der Waals surface area (Å²) in [6.45, 7) is 0. The number of nitrogens with one attached hydrogen (secondary N) is 2. The minimum atomic E-state index is -1.18. The number of hydrogen-bond acceptors (Lipinski definition) is 3. The Kier molecular flexibility index (Phi) is 2.62. The third-order valence-corrected chi connectivity index (χ3v) is 1.20. The molecule has 58 valence electrons. The fourth-order valence-corrected chi connectivity index (χ4v) is 0.568. The van der Waals surface area contributed by atoms with Crippen molar-refractivity contribution in [3.63, 3.8) is 0 Å². The summed E-state index contributed by atoms with van der Waals surface area (Å²) in [7, 11) is 1.46. The second kappa shape index (κ2) is 2.85. The van der Waals surface area contributed by atoms with Gasteiger partial charge >= 0.3 is 0 Å².